The Morgan fingerprint density at radius 1 is 1.21 bits per heavy atom. The zero-order valence-corrected chi connectivity index (χ0v) is 17.7. The molecule has 0 spiro atoms. The quantitative estimate of drug-likeness (QED) is 0.353. The van der Waals surface area contributed by atoms with Crippen molar-refractivity contribution in [2.24, 2.45) is 0 Å². The fourth-order valence-corrected chi connectivity index (χ4v) is 3.30. The number of hydrogen-bond donors (Lipinski definition) is 1. The average molecular weight is 483 g/mol. The lowest BCUT2D eigenvalue weighted by atomic mass is 10.1. The molecular weight excluding hydrogens is 467 g/mol. The van der Waals surface area contributed by atoms with Crippen LogP contribution in [0.5, 0.6) is 17.2 Å². The van der Waals surface area contributed by atoms with Gasteiger partial charge in [0, 0.05) is 23.6 Å². The molecule has 174 valence electrons. The van der Waals surface area contributed by atoms with Gasteiger partial charge in [0.1, 0.15) is 17.9 Å². The van der Waals surface area contributed by atoms with E-state index in [4.69, 9.17) is 9.47 Å². The molecule has 1 aromatic heterocycles. The molecule has 9 nitrogen and oxygen atoms in total. The van der Waals surface area contributed by atoms with Crippen LogP contribution in [0.4, 0.5) is 18.9 Å². The topological polar surface area (TPSA) is 113 Å². The number of rotatable bonds is 9. The molecule has 0 atom stereocenters. The highest BCUT2D eigenvalue weighted by molar-refractivity contribution is 7.07. The van der Waals surface area contributed by atoms with Crippen LogP contribution in [0.1, 0.15) is 21.6 Å². The fourth-order valence-electron chi connectivity index (χ4n) is 2.76. The summed E-state index contributed by atoms with van der Waals surface area (Å²) in [6, 6.07) is 7.39. The zero-order chi connectivity index (χ0) is 24.0. The van der Waals surface area contributed by atoms with Gasteiger partial charge in [0.05, 0.1) is 29.3 Å². The maximum Gasteiger partial charge on any atom is 0.573 e. The number of amides is 1. The summed E-state index contributed by atoms with van der Waals surface area (Å²) in [4.78, 5) is 27.5. The molecule has 0 unspecified atom stereocenters. The number of nitrogens with zero attached hydrogens (tertiary/aromatic N) is 2. The van der Waals surface area contributed by atoms with Crippen molar-refractivity contribution in [1.29, 1.82) is 0 Å². The molecule has 0 fully saturated rings. The number of nitrogens with one attached hydrogen (secondary N) is 1. The summed E-state index contributed by atoms with van der Waals surface area (Å²) in [5, 5.41) is 15.7. The van der Waals surface area contributed by atoms with Crippen molar-refractivity contribution in [3.63, 3.8) is 0 Å². The van der Waals surface area contributed by atoms with Gasteiger partial charge in [0.25, 0.3) is 11.6 Å². The standard InChI is InChI=1S/C20H16F3N3O6S/c1-30-17-6-14(15(26(28)29)7-18(17)31-9-13-10-33-11-25-13)19(27)24-8-12-4-2-3-5-16(12)32-20(21,22)23/h2-7,10-11H,8-9H2,1H3,(H,24,27). The van der Waals surface area contributed by atoms with Gasteiger partial charge in [0.2, 0.25) is 0 Å². The van der Waals surface area contributed by atoms with E-state index in [2.05, 4.69) is 15.0 Å². The lowest BCUT2D eigenvalue weighted by Gasteiger charge is -2.14. The Kier molecular flexibility index (Phi) is 7.33. The molecule has 33 heavy (non-hydrogen) atoms. The van der Waals surface area contributed by atoms with Gasteiger partial charge in [-0.2, -0.15) is 0 Å². The van der Waals surface area contributed by atoms with Crippen molar-refractivity contribution >= 4 is 22.9 Å². The normalized spacial score (nSPS) is 11.0. The first-order valence-corrected chi connectivity index (χ1v) is 10.1. The molecule has 1 heterocycles. The SMILES string of the molecule is COc1cc(C(=O)NCc2ccccc2OC(F)(F)F)c([N+](=O)[O-])cc1OCc1cscn1. The third kappa shape index (κ3) is 6.32. The van der Waals surface area contributed by atoms with Crippen molar-refractivity contribution in [2.75, 3.05) is 7.11 Å². The monoisotopic (exact) mass is 483 g/mol. The van der Waals surface area contributed by atoms with Crippen molar-refractivity contribution < 1.29 is 37.1 Å². The first kappa shape index (κ1) is 23.8. The molecule has 0 saturated carbocycles. The van der Waals surface area contributed by atoms with E-state index < -0.39 is 28.6 Å². The third-order valence-corrected chi connectivity index (χ3v) is 4.86. The van der Waals surface area contributed by atoms with Crippen molar-refractivity contribution in [3.05, 3.63) is 74.2 Å². The van der Waals surface area contributed by atoms with Crippen LogP contribution in [0.3, 0.4) is 0 Å². The average Bonchev–Trinajstić information content (AvgIpc) is 3.28. The van der Waals surface area contributed by atoms with Crippen LogP contribution in [0.2, 0.25) is 0 Å². The minimum absolute atomic E-state index is 0.0256. The second-order valence-electron chi connectivity index (χ2n) is 6.38. The Hall–Kier alpha value is -3.87. The molecule has 3 aromatic rings. The Morgan fingerprint density at radius 3 is 2.61 bits per heavy atom. The van der Waals surface area contributed by atoms with Gasteiger partial charge in [-0.05, 0) is 6.07 Å². The summed E-state index contributed by atoms with van der Waals surface area (Å²) in [5.74, 6) is -1.31. The molecule has 1 amide bonds. The van der Waals surface area contributed by atoms with Gasteiger partial charge in [-0.3, -0.25) is 14.9 Å². The molecule has 0 radical (unpaired) electrons. The number of aromatic nitrogens is 1. The van der Waals surface area contributed by atoms with Gasteiger partial charge in [-0.1, -0.05) is 18.2 Å². The molecule has 0 aliphatic rings. The van der Waals surface area contributed by atoms with E-state index in [0.29, 0.717) is 5.69 Å². The van der Waals surface area contributed by atoms with E-state index in [1.54, 1.807) is 10.9 Å². The van der Waals surface area contributed by atoms with Crippen LogP contribution in [0, 0.1) is 10.1 Å². The minimum Gasteiger partial charge on any atom is -0.493 e. The maximum absolute atomic E-state index is 12.7. The van der Waals surface area contributed by atoms with Crippen LogP contribution in [0.15, 0.2) is 47.3 Å². The minimum atomic E-state index is -4.92. The number of ether oxygens (including phenoxy) is 3. The fraction of sp³-hybridized carbons (Fsp3) is 0.200. The van der Waals surface area contributed by atoms with E-state index in [1.165, 1.54) is 36.6 Å². The number of nitro groups is 1. The molecule has 0 saturated heterocycles. The highest BCUT2D eigenvalue weighted by Crippen LogP contribution is 2.35. The second-order valence-corrected chi connectivity index (χ2v) is 7.10. The maximum atomic E-state index is 12.7. The number of carbonyl (C=O) groups excluding carboxylic acids is 1. The number of halogens is 3. The van der Waals surface area contributed by atoms with Crippen LogP contribution in [0.25, 0.3) is 0 Å². The zero-order valence-electron chi connectivity index (χ0n) is 16.9. The number of carbonyl (C=O) groups is 1. The predicted molar refractivity (Wildman–Crippen MR) is 110 cm³/mol. The van der Waals surface area contributed by atoms with E-state index in [0.717, 1.165) is 18.2 Å². The molecule has 0 aliphatic carbocycles. The second kappa shape index (κ2) is 10.2. The van der Waals surface area contributed by atoms with Gasteiger partial charge in [-0.15, -0.1) is 24.5 Å². The van der Waals surface area contributed by atoms with Gasteiger partial charge >= 0.3 is 6.36 Å². The van der Waals surface area contributed by atoms with Crippen LogP contribution < -0.4 is 19.5 Å². The van der Waals surface area contributed by atoms with Crippen molar-refractivity contribution in [2.45, 2.75) is 19.5 Å². The van der Waals surface area contributed by atoms with Crippen LogP contribution in [-0.2, 0) is 13.2 Å². The molecule has 0 aliphatic heterocycles. The van der Waals surface area contributed by atoms with Gasteiger partial charge in [-0.25, -0.2) is 4.98 Å². The molecule has 1 N–H and O–H groups in total. The molecule has 2 aromatic carbocycles. The predicted octanol–water partition coefficient (Wildman–Crippen LogP) is 4.47. The van der Waals surface area contributed by atoms with E-state index >= 15 is 0 Å². The summed E-state index contributed by atoms with van der Waals surface area (Å²) in [5.41, 5.74) is 1.31. The molecule has 0 bridgehead atoms. The smallest absolute Gasteiger partial charge is 0.493 e. The van der Waals surface area contributed by atoms with Crippen molar-refractivity contribution in [1.82, 2.24) is 10.3 Å². The summed E-state index contributed by atoms with van der Waals surface area (Å²) in [6.07, 6.45) is -4.92. The number of nitro benzene ring substituents is 1. The number of alkyl halides is 3. The molecule has 3 rings (SSSR count). The van der Waals surface area contributed by atoms with E-state index in [9.17, 15) is 28.1 Å². The highest BCUT2D eigenvalue weighted by atomic mass is 32.1. The first-order valence-electron chi connectivity index (χ1n) is 9.16. The van der Waals surface area contributed by atoms with Crippen LogP contribution in [-0.4, -0.2) is 29.3 Å². The number of thiazole rings is 1. The van der Waals surface area contributed by atoms with E-state index in [1.807, 2.05) is 0 Å². The van der Waals surface area contributed by atoms with Crippen molar-refractivity contribution in [3.8, 4) is 17.2 Å². The number of para-hydroxylation sites is 1. The Balaban J connectivity index is 1.82. The van der Waals surface area contributed by atoms with E-state index in [-0.39, 0.29) is 35.8 Å². The number of methoxy groups -OCH3 is 1. The van der Waals surface area contributed by atoms with Gasteiger partial charge in [0.15, 0.2) is 11.5 Å². The summed E-state index contributed by atoms with van der Waals surface area (Å²) in [6.45, 7) is -0.342. The van der Waals surface area contributed by atoms with Gasteiger partial charge < -0.3 is 19.5 Å². The molecular formula is C20H16F3N3O6S. The lowest BCUT2D eigenvalue weighted by Crippen LogP contribution is -2.25. The number of hydrogen-bond acceptors (Lipinski definition) is 8. The summed E-state index contributed by atoms with van der Waals surface area (Å²) >= 11 is 1.35. The third-order valence-electron chi connectivity index (χ3n) is 4.22. The van der Waals surface area contributed by atoms with Crippen LogP contribution >= 0.6 is 11.3 Å². The Bertz CT molecular complexity index is 1140. The summed E-state index contributed by atoms with van der Waals surface area (Å²) in [7, 11) is 1.29. The summed E-state index contributed by atoms with van der Waals surface area (Å²) < 4.78 is 52.4. The molecule has 13 heteroatoms. The lowest BCUT2D eigenvalue weighted by molar-refractivity contribution is -0.385. The first-order chi connectivity index (χ1) is 15.7. The number of benzene rings is 2. The highest BCUT2D eigenvalue weighted by Gasteiger charge is 2.32. The largest absolute Gasteiger partial charge is 0.573 e. The Morgan fingerprint density at radius 2 is 1.97 bits per heavy atom. The Labute approximate surface area is 188 Å².